The second-order valence-corrected chi connectivity index (χ2v) is 8.29. The van der Waals surface area contributed by atoms with E-state index in [0.29, 0.717) is 11.4 Å². The van der Waals surface area contributed by atoms with Crippen molar-refractivity contribution >= 4 is 29.5 Å². The molecule has 2 N–H and O–H groups in total. The van der Waals surface area contributed by atoms with Gasteiger partial charge in [-0.2, -0.15) is 18.2 Å². The van der Waals surface area contributed by atoms with Crippen molar-refractivity contribution in [2.45, 2.75) is 38.2 Å². The van der Waals surface area contributed by atoms with E-state index in [1.807, 2.05) is 0 Å². The monoisotopic (exact) mass is 508 g/mol. The molecule has 13 heteroatoms. The van der Waals surface area contributed by atoms with Crippen molar-refractivity contribution < 1.29 is 27.8 Å². The molecule has 0 spiro atoms. The molecule has 1 aliphatic heterocycles. The lowest BCUT2D eigenvalue weighted by atomic mass is 10.1. The van der Waals surface area contributed by atoms with Gasteiger partial charge in [-0.05, 0) is 37.6 Å². The van der Waals surface area contributed by atoms with Crippen LogP contribution in [0.15, 0.2) is 42.9 Å². The third-order valence-corrected chi connectivity index (χ3v) is 5.69. The number of amides is 1. The smallest absolute Gasteiger partial charge is 0.417 e. The van der Waals surface area contributed by atoms with Crippen molar-refractivity contribution in [2.24, 2.45) is 0 Å². The molecule has 184 valence electrons. The molecule has 1 saturated heterocycles. The Labute approximate surface area is 203 Å². The first kappa shape index (κ1) is 24.6. The Morgan fingerprint density at radius 2 is 1.89 bits per heavy atom. The zero-order valence-corrected chi connectivity index (χ0v) is 19.2. The van der Waals surface area contributed by atoms with Gasteiger partial charge in [0.2, 0.25) is 5.95 Å². The van der Waals surface area contributed by atoms with Crippen LogP contribution in [0.5, 0.6) is 0 Å². The van der Waals surface area contributed by atoms with Gasteiger partial charge in [0, 0.05) is 24.2 Å². The average Bonchev–Trinajstić information content (AvgIpc) is 3.20. The van der Waals surface area contributed by atoms with Crippen LogP contribution in [-0.2, 0) is 10.9 Å². The minimum Gasteiger partial charge on any atom is -0.447 e. The first-order chi connectivity index (χ1) is 16.5. The minimum atomic E-state index is -4.58. The molecule has 2 aromatic heterocycles. The molecule has 3 aromatic rings. The van der Waals surface area contributed by atoms with Gasteiger partial charge in [0.05, 0.1) is 22.7 Å². The van der Waals surface area contributed by atoms with Gasteiger partial charge >= 0.3 is 12.3 Å². The number of carbonyl (C=O) groups excluding carboxylic acids is 1. The number of carbonyl (C=O) groups is 1. The van der Waals surface area contributed by atoms with Crippen molar-refractivity contribution in [1.29, 1.82) is 0 Å². The fraction of sp³-hybridized carbons (Fsp3) is 0.318. The summed E-state index contributed by atoms with van der Waals surface area (Å²) in [5, 5.41) is 12.6. The zero-order valence-electron chi connectivity index (χ0n) is 18.5. The van der Waals surface area contributed by atoms with Gasteiger partial charge in [0.25, 0.3) is 0 Å². The van der Waals surface area contributed by atoms with E-state index < -0.39 is 36.0 Å². The topological polar surface area (TPSA) is 113 Å². The number of alkyl halides is 3. The number of ether oxygens (including phenoxy) is 1. The van der Waals surface area contributed by atoms with Crippen molar-refractivity contribution in [2.75, 3.05) is 16.8 Å². The summed E-state index contributed by atoms with van der Waals surface area (Å²) in [5.41, 5.74) is -0.277. The maximum absolute atomic E-state index is 13.2. The van der Waals surface area contributed by atoms with Crippen LogP contribution in [0, 0.1) is 0 Å². The molecule has 0 bridgehead atoms. The third kappa shape index (κ3) is 5.28. The Hall–Kier alpha value is -3.51. The van der Waals surface area contributed by atoms with Crippen molar-refractivity contribution in [3.05, 3.63) is 59.3 Å². The van der Waals surface area contributed by atoms with E-state index in [-0.39, 0.29) is 29.0 Å². The van der Waals surface area contributed by atoms with Crippen LogP contribution in [0.1, 0.15) is 31.3 Å². The molecule has 3 heterocycles. The van der Waals surface area contributed by atoms with E-state index >= 15 is 0 Å². The number of aliphatic hydroxyl groups excluding tert-OH is 1. The highest BCUT2D eigenvalue weighted by Gasteiger charge is 2.38. The summed E-state index contributed by atoms with van der Waals surface area (Å²) in [7, 11) is 0. The summed E-state index contributed by atoms with van der Waals surface area (Å²) in [6, 6.07) is 4.05. The SMILES string of the molecule is C[C@H](Nc1nccc(N2C(=O)OC[C@@H]2[C@@H](C)O)n1)c1ncc(-c2ccc(Cl)c(C(F)(F)F)c2)cn1. The maximum atomic E-state index is 13.2. The highest BCUT2D eigenvalue weighted by molar-refractivity contribution is 6.31. The predicted molar refractivity (Wildman–Crippen MR) is 121 cm³/mol. The fourth-order valence-electron chi connectivity index (χ4n) is 3.50. The summed E-state index contributed by atoms with van der Waals surface area (Å²) in [6.07, 6.45) is -1.76. The zero-order chi connectivity index (χ0) is 25.3. The standard InChI is InChI=1S/C22H20ClF3N6O3/c1-11(30-20-27-6-5-18(31-20)32-17(12(2)33)10-35-21(32)34)19-28-8-14(9-29-19)13-3-4-16(23)15(7-13)22(24,25)26/h3-9,11-12,17,33H,10H2,1-2H3,(H,27,30,31)/t11-,12+,17+/m0/s1. The summed E-state index contributed by atoms with van der Waals surface area (Å²) in [4.78, 5) is 30.3. The van der Waals surface area contributed by atoms with Crippen LogP contribution >= 0.6 is 11.6 Å². The lowest BCUT2D eigenvalue weighted by Gasteiger charge is -2.23. The maximum Gasteiger partial charge on any atom is 0.417 e. The number of halogens is 4. The number of hydrogen-bond acceptors (Lipinski definition) is 8. The van der Waals surface area contributed by atoms with Gasteiger partial charge in [0.15, 0.2) is 0 Å². The number of hydrogen-bond donors (Lipinski definition) is 2. The summed E-state index contributed by atoms with van der Waals surface area (Å²) < 4.78 is 44.5. The van der Waals surface area contributed by atoms with E-state index in [1.165, 1.54) is 41.7 Å². The number of benzene rings is 1. The van der Waals surface area contributed by atoms with Gasteiger partial charge in [-0.25, -0.2) is 19.7 Å². The van der Waals surface area contributed by atoms with Crippen LogP contribution in [0.25, 0.3) is 11.1 Å². The molecule has 9 nitrogen and oxygen atoms in total. The molecule has 1 aromatic carbocycles. The summed E-state index contributed by atoms with van der Waals surface area (Å²) >= 11 is 5.68. The second-order valence-electron chi connectivity index (χ2n) is 7.88. The predicted octanol–water partition coefficient (Wildman–Crippen LogP) is 4.48. The second kappa shape index (κ2) is 9.62. The van der Waals surface area contributed by atoms with E-state index in [2.05, 4.69) is 25.3 Å². The van der Waals surface area contributed by atoms with E-state index in [9.17, 15) is 23.1 Å². The molecule has 0 aliphatic carbocycles. The van der Waals surface area contributed by atoms with Gasteiger partial charge in [-0.1, -0.05) is 17.7 Å². The number of rotatable bonds is 6. The molecular formula is C22H20ClF3N6O3. The largest absolute Gasteiger partial charge is 0.447 e. The first-order valence-corrected chi connectivity index (χ1v) is 10.8. The van der Waals surface area contributed by atoms with Crippen LogP contribution in [-0.4, -0.2) is 49.9 Å². The van der Waals surface area contributed by atoms with Gasteiger partial charge < -0.3 is 15.2 Å². The van der Waals surface area contributed by atoms with Crippen molar-refractivity contribution in [1.82, 2.24) is 19.9 Å². The van der Waals surface area contributed by atoms with Crippen LogP contribution in [0.4, 0.5) is 29.7 Å². The highest BCUT2D eigenvalue weighted by atomic mass is 35.5. The molecular weight excluding hydrogens is 489 g/mol. The van der Waals surface area contributed by atoms with E-state index in [0.717, 1.165) is 6.07 Å². The van der Waals surface area contributed by atoms with E-state index in [1.54, 1.807) is 13.8 Å². The number of nitrogens with zero attached hydrogens (tertiary/aromatic N) is 5. The Kier molecular flexibility index (Phi) is 6.77. The number of anilines is 2. The van der Waals surface area contributed by atoms with Gasteiger partial charge in [0.1, 0.15) is 24.3 Å². The number of nitrogens with one attached hydrogen (secondary N) is 1. The number of aromatic nitrogens is 4. The Bertz CT molecular complexity index is 1230. The number of aliphatic hydroxyl groups is 1. The van der Waals surface area contributed by atoms with E-state index in [4.69, 9.17) is 16.3 Å². The lowest BCUT2D eigenvalue weighted by molar-refractivity contribution is -0.137. The molecule has 1 aliphatic rings. The molecule has 0 unspecified atom stereocenters. The minimum absolute atomic E-state index is 0.0396. The average molecular weight is 509 g/mol. The van der Waals surface area contributed by atoms with Gasteiger partial charge in [-0.3, -0.25) is 4.90 Å². The number of cyclic esters (lactones) is 1. The lowest BCUT2D eigenvalue weighted by Crippen LogP contribution is -2.41. The normalized spacial score (nSPS) is 17.7. The molecule has 3 atom stereocenters. The van der Waals surface area contributed by atoms with Crippen LogP contribution < -0.4 is 10.2 Å². The summed E-state index contributed by atoms with van der Waals surface area (Å²) in [6.45, 7) is 3.34. The molecule has 0 radical (unpaired) electrons. The van der Waals surface area contributed by atoms with Crippen LogP contribution in [0.3, 0.4) is 0 Å². The first-order valence-electron chi connectivity index (χ1n) is 10.5. The highest BCUT2D eigenvalue weighted by Crippen LogP contribution is 2.37. The summed E-state index contributed by atoms with van der Waals surface area (Å²) in [5.74, 6) is 0.775. The Morgan fingerprint density at radius 3 is 2.54 bits per heavy atom. The Balaban J connectivity index is 1.50. The third-order valence-electron chi connectivity index (χ3n) is 5.36. The molecule has 35 heavy (non-hydrogen) atoms. The molecule has 0 saturated carbocycles. The quantitative estimate of drug-likeness (QED) is 0.501. The van der Waals surface area contributed by atoms with Gasteiger partial charge in [-0.15, -0.1) is 0 Å². The fourth-order valence-corrected chi connectivity index (χ4v) is 3.72. The van der Waals surface area contributed by atoms with Crippen LogP contribution in [0.2, 0.25) is 5.02 Å². The molecule has 4 rings (SSSR count). The van der Waals surface area contributed by atoms with Crippen molar-refractivity contribution in [3.8, 4) is 11.1 Å². The molecule has 1 amide bonds. The molecule has 1 fully saturated rings. The Morgan fingerprint density at radius 1 is 1.17 bits per heavy atom. The van der Waals surface area contributed by atoms with Crippen molar-refractivity contribution in [3.63, 3.8) is 0 Å².